The molecule has 1 N–H and O–H groups in total. The lowest BCUT2D eigenvalue weighted by Crippen LogP contribution is -2.40. The van der Waals surface area contributed by atoms with E-state index in [1.165, 1.54) is 32.1 Å². The Bertz CT molecular complexity index is 400. The molecular formula is C16H22ClNO. The van der Waals surface area contributed by atoms with E-state index in [1.54, 1.807) is 0 Å². The van der Waals surface area contributed by atoms with Crippen LogP contribution in [-0.2, 0) is 4.79 Å². The summed E-state index contributed by atoms with van der Waals surface area (Å²) in [6.07, 6.45) is 6.35. The highest BCUT2D eigenvalue weighted by molar-refractivity contribution is 6.30. The summed E-state index contributed by atoms with van der Waals surface area (Å²) >= 11 is 6.23. The van der Waals surface area contributed by atoms with E-state index in [9.17, 15) is 4.79 Å². The lowest BCUT2D eigenvalue weighted by Gasteiger charge is -2.28. The maximum absolute atomic E-state index is 12.2. The van der Waals surface area contributed by atoms with Crippen molar-refractivity contribution in [1.82, 2.24) is 5.32 Å². The zero-order valence-electron chi connectivity index (χ0n) is 11.4. The minimum atomic E-state index is -0.591. The summed E-state index contributed by atoms with van der Waals surface area (Å²) in [5, 5.41) is 2.49. The molecule has 3 heteroatoms. The molecule has 0 bridgehead atoms. The van der Waals surface area contributed by atoms with Crippen molar-refractivity contribution >= 4 is 17.5 Å². The Morgan fingerprint density at radius 3 is 2.47 bits per heavy atom. The average Bonchev–Trinajstić information content (AvgIpc) is 2.48. The number of amides is 1. The largest absolute Gasteiger partial charge is 0.352 e. The Kier molecular flexibility index (Phi) is 5.26. The molecule has 1 unspecified atom stereocenters. The minimum Gasteiger partial charge on any atom is -0.352 e. The van der Waals surface area contributed by atoms with Gasteiger partial charge in [-0.25, -0.2) is 0 Å². The predicted octanol–water partition coefficient (Wildman–Crippen LogP) is 4.05. The smallest absolute Gasteiger partial charge is 0.242 e. The van der Waals surface area contributed by atoms with Crippen LogP contribution in [-0.4, -0.2) is 11.9 Å². The van der Waals surface area contributed by atoms with Gasteiger partial charge in [0.25, 0.3) is 0 Å². The van der Waals surface area contributed by atoms with Crippen molar-refractivity contribution in [3.63, 3.8) is 0 Å². The Balaban J connectivity index is 1.89. The highest BCUT2D eigenvalue weighted by Crippen LogP contribution is 2.27. The topological polar surface area (TPSA) is 29.1 Å². The molecule has 1 aromatic rings. The quantitative estimate of drug-likeness (QED) is 0.828. The highest BCUT2D eigenvalue weighted by atomic mass is 35.5. The third kappa shape index (κ3) is 3.97. The second-order valence-corrected chi connectivity index (χ2v) is 5.91. The third-order valence-corrected chi connectivity index (χ3v) is 4.50. The summed E-state index contributed by atoms with van der Waals surface area (Å²) in [7, 11) is 0. The minimum absolute atomic E-state index is 0.0778. The van der Waals surface area contributed by atoms with Crippen LogP contribution in [0.25, 0.3) is 0 Å². The van der Waals surface area contributed by atoms with Gasteiger partial charge in [0.2, 0.25) is 5.91 Å². The summed E-state index contributed by atoms with van der Waals surface area (Å²) in [5.74, 6) is 0.531. The molecule has 0 saturated heterocycles. The molecule has 1 amide bonds. The molecule has 0 radical (unpaired) electrons. The number of carbonyl (C=O) groups is 1. The van der Waals surface area contributed by atoms with Crippen LogP contribution in [0.2, 0.25) is 0 Å². The summed E-state index contributed by atoms with van der Waals surface area (Å²) < 4.78 is 0. The molecule has 19 heavy (non-hydrogen) atoms. The van der Waals surface area contributed by atoms with Crippen molar-refractivity contribution in [1.29, 1.82) is 0 Å². The summed E-state index contributed by atoms with van der Waals surface area (Å²) in [6, 6.07) is 9.74. The summed E-state index contributed by atoms with van der Waals surface area (Å²) in [5.41, 5.74) is 0.859. The lowest BCUT2D eigenvalue weighted by molar-refractivity contribution is -0.121. The summed E-state index contributed by atoms with van der Waals surface area (Å²) in [4.78, 5) is 12.2. The third-order valence-electron chi connectivity index (χ3n) is 4.05. The van der Waals surface area contributed by atoms with E-state index >= 15 is 0 Å². The van der Waals surface area contributed by atoms with Gasteiger partial charge in [-0.3, -0.25) is 4.79 Å². The van der Waals surface area contributed by atoms with Gasteiger partial charge in [-0.1, -0.05) is 49.6 Å². The van der Waals surface area contributed by atoms with E-state index < -0.39 is 5.38 Å². The number of hydrogen-bond acceptors (Lipinski definition) is 1. The van der Waals surface area contributed by atoms with E-state index in [-0.39, 0.29) is 11.9 Å². The predicted molar refractivity (Wildman–Crippen MR) is 79.2 cm³/mol. The maximum atomic E-state index is 12.2. The highest BCUT2D eigenvalue weighted by Gasteiger charge is 2.24. The lowest BCUT2D eigenvalue weighted by atomic mass is 9.84. The van der Waals surface area contributed by atoms with Crippen molar-refractivity contribution in [3.05, 3.63) is 35.9 Å². The first kappa shape index (κ1) is 14.4. The molecule has 2 atom stereocenters. The summed E-state index contributed by atoms with van der Waals surface area (Å²) in [6.45, 7) is 2.10. The fourth-order valence-corrected chi connectivity index (χ4v) is 3.03. The number of carbonyl (C=O) groups excluding carboxylic acids is 1. The van der Waals surface area contributed by atoms with Crippen LogP contribution in [0.15, 0.2) is 30.3 Å². The second kappa shape index (κ2) is 6.95. The molecule has 0 aliphatic heterocycles. The van der Waals surface area contributed by atoms with Gasteiger partial charge in [-0.15, -0.1) is 11.6 Å². The van der Waals surface area contributed by atoms with Crippen molar-refractivity contribution in [2.75, 3.05) is 0 Å². The molecule has 0 spiro atoms. The van der Waals surface area contributed by atoms with E-state index in [0.717, 1.165) is 5.56 Å². The first-order valence-corrected chi connectivity index (χ1v) is 7.61. The van der Waals surface area contributed by atoms with E-state index in [0.29, 0.717) is 5.92 Å². The van der Waals surface area contributed by atoms with Gasteiger partial charge in [-0.2, -0.15) is 0 Å². The van der Waals surface area contributed by atoms with Crippen LogP contribution in [0.1, 0.15) is 50.0 Å². The van der Waals surface area contributed by atoms with Crippen molar-refractivity contribution < 1.29 is 4.79 Å². The van der Waals surface area contributed by atoms with E-state index in [4.69, 9.17) is 11.6 Å². The molecule has 1 aliphatic rings. The zero-order chi connectivity index (χ0) is 13.7. The Labute approximate surface area is 120 Å². The number of benzene rings is 1. The Hall–Kier alpha value is -1.02. The second-order valence-electron chi connectivity index (χ2n) is 5.47. The first-order valence-electron chi connectivity index (χ1n) is 7.18. The van der Waals surface area contributed by atoms with Gasteiger partial charge in [0.05, 0.1) is 0 Å². The number of rotatable bonds is 4. The SMILES string of the molecule is C[C@H](NC(=O)C(Cl)c1ccccc1)C1CCCCC1. The van der Waals surface area contributed by atoms with Gasteiger partial charge in [0.1, 0.15) is 5.38 Å². The Morgan fingerprint density at radius 1 is 1.21 bits per heavy atom. The molecule has 0 heterocycles. The maximum Gasteiger partial charge on any atom is 0.242 e. The molecule has 1 aliphatic carbocycles. The molecular weight excluding hydrogens is 258 g/mol. The standard InChI is InChI=1S/C16H22ClNO/c1-12(13-8-4-2-5-9-13)18-16(19)15(17)14-10-6-3-7-11-14/h3,6-7,10-13,15H,2,4-5,8-9H2,1H3,(H,18,19)/t12-,15?/m0/s1. The van der Waals surface area contributed by atoms with E-state index in [1.807, 2.05) is 30.3 Å². The molecule has 0 aromatic heterocycles. The van der Waals surface area contributed by atoms with Crippen LogP contribution in [0.3, 0.4) is 0 Å². The van der Waals surface area contributed by atoms with E-state index in [2.05, 4.69) is 12.2 Å². The van der Waals surface area contributed by atoms with Gasteiger partial charge in [0, 0.05) is 6.04 Å². The van der Waals surface area contributed by atoms with Crippen LogP contribution in [0.4, 0.5) is 0 Å². The average molecular weight is 280 g/mol. The number of alkyl halides is 1. The fraction of sp³-hybridized carbons (Fsp3) is 0.562. The molecule has 1 aromatic carbocycles. The van der Waals surface area contributed by atoms with Crippen LogP contribution >= 0.6 is 11.6 Å². The van der Waals surface area contributed by atoms with Crippen molar-refractivity contribution in [2.24, 2.45) is 5.92 Å². The molecule has 2 nitrogen and oxygen atoms in total. The van der Waals surface area contributed by atoms with Gasteiger partial charge in [-0.05, 0) is 31.2 Å². The normalized spacial score (nSPS) is 19.7. The molecule has 2 rings (SSSR count). The number of nitrogens with one attached hydrogen (secondary N) is 1. The zero-order valence-corrected chi connectivity index (χ0v) is 12.2. The van der Waals surface area contributed by atoms with Gasteiger partial charge in [0.15, 0.2) is 0 Å². The number of halogens is 1. The Morgan fingerprint density at radius 2 is 1.84 bits per heavy atom. The van der Waals surface area contributed by atoms with Crippen molar-refractivity contribution in [3.8, 4) is 0 Å². The van der Waals surface area contributed by atoms with Crippen LogP contribution < -0.4 is 5.32 Å². The molecule has 1 saturated carbocycles. The van der Waals surface area contributed by atoms with Crippen molar-refractivity contribution in [2.45, 2.75) is 50.4 Å². The molecule has 1 fully saturated rings. The number of hydrogen-bond donors (Lipinski definition) is 1. The fourth-order valence-electron chi connectivity index (χ4n) is 2.82. The molecule has 104 valence electrons. The van der Waals surface area contributed by atoms with Crippen LogP contribution in [0, 0.1) is 5.92 Å². The van der Waals surface area contributed by atoms with Gasteiger partial charge < -0.3 is 5.32 Å². The first-order chi connectivity index (χ1) is 9.18. The monoisotopic (exact) mass is 279 g/mol. The van der Waals surface area contributed by atoms with Gasteiger partial charge >= 0.3 is 0 Å². The van der Waals surface area contributed by atoms with Crippen LogP contribution in [0.5, 0.6) is 0 Å².